The van der Waals surface area contributed by atoms with Crippen LogP contribution in [0.5, 0.6) is 0 Å². The van der Waals surface area contributed by atoms with Crippen molar-refractivity contribution in [2.24, 2.45) is 0 Å². The minimum Gasteiger partial charge on any atom is -0.261 e. The summed E-state index contributed by atoms with van der Waals surface area (Å²) in [6, 6.07) is 4.35. The second-order valence-electron chi connectivity index (χ2n) is 4.01. The molecule has 1 heteroatoms. The van der Waals surface area contributed by atoms with Crippen LogP contribution in [0.15, 0.2) is 18.3 Å². The van der Waals surface area contributed by atoms with E-state index in [4.69, 9.17) is 0 Å². The fraction of sp³-hybridized carbons (Fsp3) is 0.615. The highest BCUT2D eigenvalue weighted by Crippen LogP contribution is 2.25. The Morgan fingerprint density at radius 1 is 1.14 bits per heavy atom. The van der Waals surface area contributed by atoms with E-state index in [1.165, 1.54) is 31.2 Å². The molecule has 78 valence electrons. The second kappa shape index (κ2) is 5.79. The number of aromatic nitrogens is 1. The topological polar surface area (TPSA) is 12.9 Å². The molecule has 0 N–H and O–H groups in total. The molecule has 0 radical (unpaired) electrons. The molecule has 0 aliphatic heterocycles. The lowest BCUT2D eigenvalue weighted by atomic mass is 9.91. The lowest BCUT2D eigenvalue weighted by molar-refractivity contribution is 0.559. The van der Waals surface area contributed by atoms with Crippen LogP contribution in [-0.2, 0) is 0 Å². The van der Waals surface area contributed by atoms with Gasteiger partial charge < -0.3 is 0 Å². The molecule has 1 rings (SSSR count). The van der Waals surface area contributed by atoms with E-state index in [2.05, 4.69) is 31.0 Å². The summed E-state index contributed by atoms with van der Waals surface area (Å²) in [4.78, 5) is 4.36. The highest BCUT2D eigenvalue weighted by molar-refractivity contribution is 5.17. The quantitative estimate of drug-likeness (QED) is 0.683. The Balaban J connectivity index is 2.71. The molecule has 1 heterocycles. The average Bonchev–Trinajstić information content (AvgIpc) is 2.19. The van der Waals surface area contributed by atoms with Crippen molar-refractivity contribution in [1.82, 2.24) is 4.98 Å². The van der Waals surface area contributed by atoms with Crippen LogP contribution in [0.4, 0.5) is 0 Å². The Morgan fingerprint density at radius 3 is 2.21 bits per heavy atom. The zero-order chi connectivity index (χ0) is 10.4. The molecule has 0 bridgehead atoms. The van der Waals surface area contributed by atoms with E-state index in [1.807, 2.05) is 13.1 Å². The maximum absolute atomic E-state index is 4.36. The standard InChI is InChI=1S/C13H21N/c1-4-6-12(7-5-2)13-9-8-11(3)14-10-13/h8-10,12H,4-7H2,1-3H3. The summed E-state index contributed by atoms with van der Waals surface area (Å²) < 4.78 is 0. The van der Waals surface area contributed by atoms with Crippen LogP contribution in [0.25, 0.3) is 0 Å². The Labute approximate surface area is 87.6 Å². The molecule has 0 saturated heterocycles. The van der Waals surface area contributed by atoms with Crippen LogP contribution in [-0.4, -0.2) is 4.98 Å². The van der Waals surface area contributed by atoms with Gasteiger partial charge in [0.25, 0.3) is 0 Å². The molecule has 0 atom stereocenters. The maximum atomic E-state index is 4.36. The molecular weight excluding hydrogens is 170 g/mol. The van der Waals surface area contributed by atoms with Crippen molar-refractivity contribution in [3.8, 4) is 0 Å². The largest absolute Gasteiger partial charge is 0.261 e. The number of nitrogens with zero attached hydrogens (tertiary/aromatic N) is 1. The third-order valence-electron chi connectivity index (χ3n) is 2.68. The first kappa shape index (κ1) is 11.2. The summed E-state index contributed by atoms with van der Waals surface area (Å²) in [6.45, 7) is 6.55. The van der Waals surface area contributed by atoms with Crippen molar-refractivity contribution in [3.63, 3.8) is 0 Å². The fourth-order valence-electron chi connectivity index (χ4n) is 1.90. The molecule has 1 nitrogen and oxygen atoms in total. The summed E-state index contributed by atoms with van der Waals surface area (Å²) in [7, 11) is 0. The summed E-state index contributed by atoms with van der Waals surface area (Å²) in [5.41, 5.74) is 2.53. The molecule has 0 fully saturated rings. The van der Waals surface area contributed by atoms with Gasteiger partial charge in [0.15, 0.2) is 0 Å². The Hall–Kier alpha value is -0.850. The van der Waals surface area contributed by atoms with E-state index in [1.54, 1.807) is 0 Å². The monoisotopic (exact) mass is 191 g/mol. The van der Waals surface area contributed by atoms with Gasteiger partial charge in [0.05, 0.1) is 0 Å². The second-order valence-corrected chi connectivity index (χ2v) is 4.01. The number of pyridine rings is 1. The van der Waals surface area contributed by atoms with Crippen molar-refractivity contribution in [2.45, 2.75) is 52.4 Å². The molecule has 0 aromatic carbocycles. The number of hydrogen-bond acceptors (Lipinski definition) is 1. The minimum absolute atomic E-state index is 0.720. The molecule has 0 spiro atoms. The predicted octanol–water partition coefficient (Wildman–Crippen LogP) is 4.07. The summed E-state index contributed by atoms with van der Waals surface area (Å²) in [6.07, 6.45) is 7.15. The van der Waals surface area contributed by atoms with Gasteiger partial charge >= 0.3 is 0 Å². The van der Waals surface area contributed by atoms with Gasteiger partial charge in [-0.3, -0.25) is 4.98 Å². The lowest BCUT2D eigenvalue weighted by Gasteiger charge is -2.15. The van der Waals surface area contributed by atoms with Crippen molar-refractivity contribution < 1.29 is 0 Å². The molecule has 1 aromatic heterocycles. The van der Waals surface area contributed by atoms with Crippen LogP contribution >= 0.6 is 0 Å². The lowest BCUT2D eigenvalue weighted by Crippen LogP contribution is -1.99. The van der Waals surface area contributed by atoms with Gasteiger partial charge in [-0.25, -0.2) is 0 Å². The van der Waals surface area contributed by atoms with Crippen LogP contribution in [0.1, 0.15) is 56.7 Å². The zero-order valence-corrected chi connectivity index (χ0v) is 9.59. The van der Waals surface area contributed by atoms with E-state index in [-0.39, 0.29) is 0 Å². The Kier molecular flexibility index (Phi) is 4.64. The minimum atomic E-state index is 0.720. The van der Waals surface area contributed by atoms with Crippen molar-refractivity contribution in [3.05, 3.63) is 29.6 Å². The highest BCUT2D eigenvalue weighted by Gasteiger charge is 2.09. The number of aryl methyl sites for hydroxylation is 1. The SMILES string of the molecule is CCCC(CCC)c1ccc(C)nc1. The van der Waals surface area contributed by atoms with E-state index in [0.29, 0.717) is 0 Å². The van der Waals surface area contributed by atoms with Gasteiger partial charge in [0, 0.05) is 11.9 Å². The molecule has 0 saturated carbocycles. The van der Waals surface area contributed by atoms with Gasteiger partial charge in [-0.05, 0) is 37.3 Å². The van der Waals surface area contributed by atoms with Crippen LogP contribution in [0, 0.1) is 6.92 Å². The molecule has 1 aromatic rings. The summed E-state index contributed by atoms with van der Waals surface area (Å²) in [5.74, 6) is 0.720. The Morgan fingerprint density at radius 2 is 1.79 bits per heavy atom. The fourth-order valence-corrected chi connectivity index (χ4v) is 1.90. The van der Waals surface area contributed by atoms with Crippen molar-refractivity contribution in [2.75, 3.05) is 0 Å². The van der Waals surface area contributed by atoms with Crippen molar-refractivity contribution >= 4 is 0 Å². The van der Waals surface area contributed by atoms with Crippen molar-refractivity contribution in [1.29, 1.82) is 0 Å². The van der Waals surface area contributed by atoms with Gasteiger partial charge in [-0.2, -0.15) is 0 Å². The maximum Gasteiger partial charge on any atom is 0.0372 e. The number of rotatable bonds is 5. The van der Waals surface area contributed by atoms with Gasteiger partial charge in [0.2, 0.25) is 0 Å². The number of hydrogen-bond donors (Lipinski definition) is 0. The van der Waals surface area contributed by atoms with Crippen LogP contribution < -0.4 is 0 Å². The van der Waals surface area contributed by atoms with E-state index >= 15 is 0 Å². The zero-order valence-electron chi connectivity index (χ0n) is 9.59. The normalized spacial score (nSPS) is 10.9. The van der Waals surface area contributed by atoms with Crippen LogP contribution in [0.2, 0.25) is 0 Å². The summed E-state index contributed by atoms with van der Waals surface area (Å²) >= 11 is 0. The molecular formula is C13H21N. The van der Waals surface area contributed by atoms with Gasteiger partial charge in [-0.15, -0.1) is 0 Å². The molecule has 14 heavy (non-hydrogen) atoms. The Bertz CT molecular complexity index is 244. The molecule has 0 aliphatic carbocycles. The molecule has 0 aliphatic rings. The summed E-state index contributed by atoms with van der Waals surface area (Å²) in [5, 5.41) is 0. The average molecular weight is 191 g/mol. The van der Waals surface area contributed by atoms with Gasteiger partial charge in [-0.1, -0.05) is 32.8 Å². The smallest absolute Gasteiger partial charge is 0.0372 e. The third-order valence-corrected chi connectivity index (χ3v) is 2.68. The third kappa shape index (κ3) is 3.13. The molecule has 0 unspecified atom stereocenters. The van der Waals surface area contributed by atoms with E-state index < -0.39 is 0 Å². The van der Waals surface area contributed by atoms with E-state index in [0.717, 1.165) is 11.6 Å². The first-order chi connectivity index (χ1) is 6.77. The molecule has 0 amide bonds. The van der Waals surface area contributed by atoms with E-state index in [9.17, 15) is 0 Å². The highest BCUT2D eigenvalue weighted by atomic mass is 14.7. The van der Waals surface area contributed by atoms with Crippen LogP contribution in [0.3, 0.4) is 0 Å². The van der Waals surface area contributed by atoms with Gasteiger partial charge in [0.1, 0.15) is 0 Å². The predicted molar refractivity (Wildman–Crippen MR) is 61.5 cm³/mol. The first-order valence-electron chi connectivity index (χ1n) is 5.70. The first-order valence-corrected chi connectivity index (χ1v) is 5.70.